The molecule has 0 saturated heterocycles. The average Bonchev–Trinajstić information content (AvgIpc) is 2.66. The summed E-state index contributed by atoms with van der Waals surface area (Å²) in [5.74, 6) is 0.713. The van der Waals surface area contributed by atoms with E-state index in [4.69, 9.17) is 4.74 Å². The molecule has 1 aromatic rings. The molecule has 3 heteroatoms. The van der Waals surface area contributed by atoms with Crippen LogP contribution < -0.4 is 10.1 Å². The number of nitrogens with one attached hydrogen (secondary N) is 1. The number of hydrogen-bond donors (Lipinski definition) is 1. The third kappa shape index (κ3) is 8.80. The van der Waals surface area contributed by atoms with Crippen LogP contribution in [0, 0.1) is 10.8 Å². The van der Waals surface area contributed by atoms with Crippen LogP contribution in [0.3, 0.4) is 0 Å². The summed E-state index contributed by atoms with van der Waals surface area (Å²) >= 11 is 0. The Labute approximate surface area is 179 Å². The number of rotatable bonds is 11. The maximum atomic E-state index is 12.5. The smallest absolute Gasteiger partial charge is 0.410 e. The standard InChI is InChI=1S/C26H43NO2/c1-5-6-7-8-9-10-11-15-22-16-12-13-17-23(22)29-24(28)27-21-26(4)19-14-18-25(2,3)20-26/h12-13,16-17H,5-11,14-15,18-21H2,1-4H3,(H,27,28). The number of amides is 1. The minimum atomic E-state index is -0.318. The summed E-state index contributed by atoms with van der Waals surface area (Å²) in [6, 6.07) is 7.99. The number of hydrogen-bond acceptors (Lipinski definition) is 2. The van der Waals surface area contributed by atoms with Crippen molar-refractivity contribution in [1.82, 2.24) is 5.32 Å². The van der Waals surface area contributed by atoms with Gasteiger partial charge in [0.05, 0.1) is 0 Å². The fourth-order valence-corrected chi connectivity index (χ4v) is 4.98. The van der Waals surface area contributed by atoms with Crippen molar-refractivity contribution < 1.29 is 9.53 Å². The Hall–Kier alpha value is -1.51. The molecule has 1 fully saturated rings. The Morgan fingerprint density at radius 1 is 1.00 bits per heavy atom. The van der Waals surface area contributed by atoms with Crippen molar-refractivity contribution in [3.8, 4) is 5.75 Å². The van der Waals surface area contributed by atoms with Crippen molar-refractivity contribution in [3.05, 3.63) is 29.8 Å². The van der Waals surface area contributed by atoms with Crippen LogP contribution in [0.2, 0.25) is 0 Å². The molecule has 164 valence electrons. The van der Waals surface area contributed by atoms with Gasteiger partial charge in [-0.1, -0.05) is 90.8 Å². The van der Waals surface area contributed by atoms with E-state index in [1.807, 2.05) is 18.2 Å². The van der Waals surface area contributed by atoms with Gasteiger partial charge in [0.2, 0.25) is 0 Å². The van der Waals surface area contributed by atoms with E-state index < -0.39 is 0 Å². The van der Waals surface area contributed by atoms with Gasteiger partial charge < -0.3 is 10.1 Å². The van der Waals surface area contributed by atoms with E-state index in [2.05, 4.69) is 39.1 Å². The number of ether oxygens (including phenoxy) is 1. The van der Waals surface area contributed by atoms with Crippen molar-refractivity contribution in [2.75, 3.05) is 6.54 Å². The Balaban J connectivity index is 1.77. The predicted octanol–water partition coefficient (Wildman–Crippen LogP) is 7.67. The van der Waals surface area contributed by atoms with Gasteiger partial charge in [-0.25, -0.2) is 4.79 Å². The van der Waals surface area contributed by atoms with Crippen molar-refractivity contribution >= 4 is 6.09 Å². The van der Waals surface area contributed by atoms with Crippen LogP contribution in [0.1, 0.15) is 104 Å². The van der Waals surface area contributed by atoms with Crippen molar-refractivity contribution in [2.45, 2.75) is 105 Å². The van der Waals surface area contributed by atoms with Gasteiger partial charge in [-0.2, -0.15) is 0 Å². The summed E-state index contributed by atoms with van der Waals surface area (Å²) < 4.78 is 5.69. The minimum absolute atomic E-state index is 0.165. The molecule has 0 radical (unpaired) electrons. The second-order valence-electron chi connectivity index (χ2n) is 10.2. The maximum absolute atomic E-state index is 12.5. The fourth-order valence-electron chi connectivity index (χ4n) is 4.98. The third-order valence-electron chi connectivity index (χ3n) is 6.42. The second kappa shape index (κ2) is 11.6. The van der Waals surface area contributed by atoms with Gasteiger partial charge in [-0.3, -0.25) is 0 Å². The van der Waals surface area contributed by atoms with Crippen LogP contribution >= 0.6 is 0 Å². The monoisotopic (exact) mass is 401 g/mol. The first-order valence-corrected chi connectivity index (χ1v) is 11.9. The molecule has 3 nitrogen and oxygen atoms in total. The van der Waals surface area contributed by atoms with Gasteiger partial charge in [0.25, 0.3) is 0 Å². The van der Waals surface area contributed by atoms with Gasteiger partial charge in [-0.15, -0.1) is 0 Å². The summed E-state index contributed by atoms with van der Waals surface area (Å²) in [6.45, 7) is 9.91. The average molecular weight is 402 g/mol. The summed E-state index contributed by atoms with van der Waals surface area (Å²) in [5.41, 5.74) is 1.67. The van der Waals surface area contributed by atoms with Crippen LogP contribution in [-0.4, -0.2) is 12.6 Å². The van der Waals surface area contributed by atoms with Crippen LogP contribution in [-0.2, 0) is 6.42 Å². The normalized spacial score (nSPS) is 21.0. The first kappa shape index (κ1) is 23.8. The maximum Gasteiger partial charge on any atom is 0.412 e. The van der Waals surface area contributed by atoms with E-state index >= 15 is 0 Å². The van der Waals surface area contributed by atoms with Gasteiger partial charge in [0.15, 0.2) is 0 Å². The highest BCUT2D eigenvalue weighted by atomic mass is 16.6. The minimum Gasteiger partial charge on any atom is -0.410 e. The lowest BCUT2D eigenvalue weighted by molar-refractivity contribution is 0.0969. The number of unbranched alkanes of at least 4 members (excludes halogenated alkanes) is 6. The molecule has 0 heterocycles. The van der Waals surface area contributed by atoms with E-state index in [9.17, 15) is 4.79 Å². The zero-order valence-electron chi connectivity index (χ0n) is 19.3. The van der Waals surface area contributed by atoms with Crippen LogP contribution in [0.5, 0.6) is 5.75 Å². The van der Waals surface area contributed by atoms with E-state index in [0.29, 0.717) is 17.7 Å². The zero-order chi connectivity index (χ0) is 21.2. The molecule has 0 spiro atoms. The highest BCUT2D eigenvalue weighted by molar-refractivity contribution is 5.70. The van der Waals surface area contributed by atoms with E-state index in [1.54, 1.807) is 0 Å². The van der Waals surface area contributed by atoms with Gasteiger partial charge in [0, 0.05) is 6.54 Å². The van der Waals surface area contributed by atoms with Gasteiger partial charge in [0.1, 0.15) is 5.75 Å². The molecule has 1 atom stereocenters. The fraction of sp³-hybridized carbons (Fsp3) is 0.731. The summed E-state index contributed by atoms with van der Waals surface area (Å²) in [6.07, 6.45) is 14.5. The lowest BCUT2D eigenvalue weighted by atomic mass is 9.64. The number of para-hydroxylation sites is 1. The quantitative estimate of drug-likeness (QED) is 0.386. The third-order valence-corrected chi connectivity index (χ3v) is 6.42. The summed E-state index contributed by atoms with van der Waals surface area (Å²) in [4.78, 5) is 12.5. The highest BCUT2D eigenvalue weighted by Gasteiger charge is 2.36. The first-order chi connectivity index (χ1) is 13.8. The molecule has 0 aromatic heterocycles. The number of carbonyl (C=O) groups is 1. The number of aryl methyl sites for hydroxylation is 1. The Kier molecular flexibility index (Phi) is 9.52. The Bertz CT molecular complexity index is 625. The van der Waals surface area contributed by atoms with E-state index in [-0.39, 0.29) is 11.5 Å². The Morgan fingerprint density at radius 2 is 1.69 bits per heavy atom. The van der Waals surface area contributed by atoms with E-state index in [0.717, 1.165) is 24.8 Å². The summed E-state index contributed by atoms with van der Waals surface area (Å²) in [5, 5.41) is 3.04. The van der Waals surface area contributed by atoms with Crippen LogP contribution in [0.15, 0.2) is 24.3 Å². The molecule has 1 saturated carbocycles. The molecule has 29 heavy (non-hydrogen) atoms. The summed E-state index contributed by atoms with van der Waals surface area (Å²) in [7, 11) is 0. The van der Waals surface area contributed by atoms with Gasteiger partial charge in [-0.05, 0) is 54.6 Å². The molecule has 1 aliphatic carbocycles. The molecule has 1 unspecified atom stereocenters. The molecular formula is C26H43NO2. The molecular weight excluding hydrogens is 358 g/mol. The topological polar surface area (TPSA) is 38.3 Å². The molecule has 2 rings (SSSR count). The lowest BCUT2D eigenvalue weighted by Crippen LogP contribution is -2.41. The molecule has 1 aliphatic rings. The molecule has 1 amide bonds. The molecule has 0 aliphatic heterocycles. The predicted molar refractivity (Wildman–Crippen MR) is 123 cm³/mol. The Morgan fingerprint density at radius 3 is 2.41 bits per heavy atom. The lowest BCUT2D eigenvalue weighted by Gasteiger charge is -2.42. The number of carbonyl (C=O) groups excluding carboxylic acids is 1. The molecule has 1 N–H and O–H groups in total. The van der Waals surface area contributed by atoms with Crippen LogP contribution in [0.4, 0.5) is 4.79 Å². The second-order valence-corrected chi connectivity index (χ2v) is 10.2. The largest absolute Gasteiger partial charge is 0.412 e. The highest BCUT2D eigenvalue weighted by Crippen LogP contribution is 2.45. The SMILES string of the molecule is CCCCCCCCCc1ccccc1OC(=O)NCC1(C)CCCC(C)(C)C1. The van der Waals surface area contributed by atoms with Crippen molar-refractivity contribution in [3.63, 3.8) is 0 Å². The molecule has 0 bridgehead atoms. The van der Waals surface area contributed by atoms with Gasteiger partial charge >= 0.3 is 6.09 Å². The van der Waals surface area contributed by atoms with Crippen molar-refractivity contribution in [1.29, 1.82) is 0 Å². The number of benzene rings is 1. The first-order valence-electron chi connectivity index (χ1n) is 11.9. The molecule has 1 aromatic carbocycles. The zero-order valence-corrected chi connectivity index (χ0v) is 19.3. The van der Waals surface area contributed by atoms with Crippen LogP contribution in [0.25, 0.3) is 0 Å². The van der Waals surface area contributed by atoms with E-state index in [1.165, 1.54) is 57.8 Å². The van der Waals surface area contributed by atoms with Crippen molar-refractivity contribution in [2.24, 2.45) is 10.8 Å².